The van der Waals surface area contributed by atoms with Gasteiger partial charge in [-0.1, -0.05) is 79.7 Å². The molecular formula is C43H53ClFeNiP2+. The van der Waals surface area contributed by atoms with Gasteiger partial charge in [-0.3, -0.25) is 0 Å². The van der Waals surface area contributed by atoms with Crippen LogP contribution in [0.5, 0.6) is 0 Å². The van der Waals surface area contributed by atoms with Crippen molar-refractivity contribution in [1.29, 1.82) is 0 Å². The minimum absolute atomic E-state index is 0. The molecule has 0 spiro atoms. The summed E-state index contributed by atoms with van der Waals surface area (Å²) in [4.78, 5) is 0. The first kappa shape index (κ1) is 44.3. The van der Waals surface area contributed by atoms with E-state index in [1.54, 1.807) is 21.2 Å². The molecule has 0 aliphatic heterocycles. The van der Waals surface area contributed by atoms with Crippen LogP contribution in [0.1, 0.15) is 56.9 Å². The average molecular weight is 782 g/mol. The predicted molar refractivity (Wildman–Crippen MR) is 214 cm³/mol. The van der Waals surface area contributed by atoms with Crippen LogP contribution in [-0.2, 0) is 31.6 Å². The van der Waals surface area contributed by atoms with E-state index in [1.807, 2.05) is 31.2 Å². The van der Waals surface area contributed by atoms with Gasteiger partial charge < -0.3 is 14.9 Å². The summed E-state index contributed by atoms with van der Waals surface area (Å²) in [5.74, 6) is 0. The Morgan fingerprint density at radius 1 is 0.479 bits per heavy atom. The largest absolute Gasteiger partial charge is 2.00 e. The second kappa shape index (κ2) is 26.1. The molecule has 2 fully saturated rings. The molecule has 5 heteroatoms. The summed E-state index contributed by atoms with van der Waals surface area (Å²) in [5.41, 5.74) is 3.06. The molecule has 0 amide bonds. The zero-order chi connectivity index (χ0) is 31.5. The Labute approximate surface area is 318 Å². The minimum atomic E-state index is -0.577. The molecule has 2 aliphatic rings. The van der Waals surface area contributed by atoms with Crippen LogP contribution >= 0.6 is 26.0 Å². The Balaban J connectivity index is 0.000000366. The SMILES string of the molecule is Cc1[c-]cccc1.[CH3-].[CH3-].[Cl][Ni].[Fe+2].c1ccc([PH+](c2ccccc2)C2CCCC2)cc1.c1ccc([PH+](c2ccccc2)C2CCCC2)cc1. The molecule has 7 rings (SSSR count). The number of halogens is 1. The fraction of sp³-hybridized carbons (Fsp3) is 0.256. The van der Waals surface area contributed by atoms with Crippen LogP contribution in [0.4, 0.5) is 0 Å². The van der Waals surface area contributed by atoms with Gasteiger partial charge in [-0.15, -0.1) is 0 Å². The first-order valence-corrected chi connectivity index (χ1v) is 20.8. The molecule has 2 saturated carbocycles. The molecule has 0 saturated heterocycles. The monoisotopic (exact) mass is 780 g/mol. The molecule has 48 heavy (non-hydrogen) atoms. The van der Waals surface area contributed by atoms with Crippen LogP contribution in [0.3, 0.4) is 0 Å². The minimum Gasteiger partial charge on any atom is -0.0620 e. The zero-order valence-corrected chi connectivity index (χ0v) is 33.6. The Hall–Kier alpha value is -1.74. The van der Waals surface area contributed by atoms with Gasteiger partial charge in [-0.05, 0) is 99.9 Å². The van der Waals surface area contributed by atoms with E-state index < -0.39 is 15.8 Å². The fourth-order valence-corrected chi connectivity index (χ4v) is 13.4. The topological polar surface area (TPSA) is 0 Å². The molecule has 5 aromatic rings. The van der Waals surface area contributed by atoms with Crippen LogP contribution in [-0.4, -0.2) is 11.3 Å². The van der Waals surface area contributed by atoms with E-state index in [4.69, 9.17) is 0 Å². The molecule has 0 unspecified atom stereocenters. The molecular weight excluding hydrogens is 728 g/mol. The van der Waals surface area contributed by atoms with Crippen molar-refractivity contribution in [3.8, 4) is 0 Å². The summed E-state index contributed by atoms with van der Waals surface area (Å²) in [6.45, 7) is 2.03. The van der Waals surface area contributed by atoms with Crippen LogP contribution < -0.4 is 21.2 Å². The van der Waals surface area contributed by atoms with Gasteiger partial charge in [0.15, 0.2) is 0 Å². The first-order chi connectivity index (χ1) is 22.3. The van der Waals surface area contributed by atoms with Crippen molar-refractivity contribution < 1.29 is 31.6 Å². The molecule has 5 aromatic carbocycles. The van der Waals surface area contributed by atoms with Crippen LogP contribution in [0, 0.1) is 27.8 Å². The number of aryl methyl sites for hydroxylation is 1. The summed E-state index contributed by atoms with van der Waals surface area (Å²) in [7, 11) is 3.11. The summed E-state index contributed by atoms with van der Waals surface area (Å²) >= 11 is 3.35. The normalized spacial score (nSPS) is 13.6. The molecule has 0 radical (unpaired) electrons. The fourth-order valence-electron chi connectivity index (χ4n) is 6.66. The van der Waals surface area contributed by atoms with Gasteiger partial charge in [0.2, 0.25) is 0 Å². The van der Waals surface area contributed by atoms with E-state index in [9.17, 15) is 0 Å². The zero-order valence-electron chi connectivity index (χ0n) is 28.7. The van der Waals surface area contributed by atoms with E-state index in [2.05, 4.69) is 152 Å². The third-order valence-electron chi connectivity index (χ3n) is 8.73. The number of hydrogen-bond acceptors (Lipinski definition) is 0. The van der Waals surface area contributed by atoms with E-state index in [-0.39, 0.29) is 31.9 Å². The quantitative estimate of drug-likeness (QED) is 0.0915. The van der Waals surface area contributed by atoms with Crippen molar-refractivity contribution in [2.75, 3.05) is 0 Å². The van der Waals surface area contributed by atoms with Gasteiger partial charge >= 0.3 is 41.8 Å². The van der Waals surface area contributed by atoms with Crippen LogP contribution in [0.15, 0.2) is 146 Å². The Bertz CT molecular complexity index is 1260. The van der Waals surface area contributed by atoms with E-state index >= 15 is 0 Å². The molecule has 0 aromatic heterocycles. The van der Waals surface area contributed by atoms with Gasteiger partial charge in [0, 0.05) is 0 Å². The number of benzene rings is 5. The summed E-state index contributed by atoms with van der Waals surface area (Å²) in [5, 5.41) is 6.34. The summed E-state index contributed by atoms with van der Waals surface area (Å²) in [6, 6.07) is 55.7. The van der Waals surface area contributed by atoms with E-state index in [1.165, 1.54) is 56.9 Å². The molecule has 0 atom stereocenters. The number of hydrogen-bond donors (Lipinski definition) is 0. The predicted octanol–water partition coefficient (Wildman–Crippen LogP) is 11.0. The molecule has 0 N–H and O–H groups in total. The van der Waals surface area contributed by atoms with Crippen molar-refractivity contribution in [2.24, 2.45) is 0 Å². The van der Waals surface area contributed by atoms with Gasteiger partial charge in [0.1, 0.15) is 0 Å². The standard InChI is InChI=1S/2C17H19P.C7H7.2CH3.ClH.Fe.Ni/c2*1-3-9-15(10-4-1)18(17-13-7-8-14-17)16-11-5-2-6-12-16;1-7-5-3-2-4-6-7;;;;;/h2*1-6,9-12,17H,7-8,13-14H2;2-5H,1H3;2*1H3;1H;;/q;;3*-1;;+2;+1/p+1. The maximum atomic E-state index is 4.26. The second-order valence-electron chi connectivity index (χ2n) is 11.8. The van der Waals surface area contributed by atoms with Gasteiger partial charge in [0.05, 0.1) is 48.4 Å². The smallest absolute Gasteiger partial charge is 0.0620 e. The van der Waals surface area contributed by atoms with Gasteiger partial charge in [-0.2, -0.15) is 35.9 Å². The van der Waals surface area contributed by atoms with Crippen molar-refractivity contribution in [2.45, 2.75) is 69.6 Å². The summed E-state index contributed by atoms with van der Waals surface area (Å²) in [6.07, 6.45) is 11.4. The Kier molecular flexibility index (Phi) is 24.1. The number of rotatable bonds is 6. The average Bonchev–Trinajstić information content (AvgIpc) is 3.85. The third-order valence-corrected chi connectivity index (χ3v) is 15.3. The van der Waals surface area contributed by atoms with Crippen molar-refractivity contribution in [1.82, 2.24) is 0 Å². The Morgan fingerprint density at radius 3 is 0.958 bits per heavy atom. The maximum Gasteiger partial charge on any atom is 2.00 e. The second-order valence-corrected chi connectivity index (χ2v) is 17.4. The molecule has 0 nitrogen and oxygen atoms in total. The van der Waals surface area contributed by atoms with Crippen molar-refractivity contribution in [3.63, 3.8) is 0 Å². The van der Waals surface area contributed by atoms with Gasteiger partial charge in [-0.25, -0.2) is 0 Å². The van der Waals surface area contributed by atoms with E-state index in [0.717, 1.165) is 11.3 Å². The van der Waals surface area contributed by atoms with Crippen molar-refractivity contribution >= 4 is 47.3 Å². The molecule has 0 bridgehead atoms. The third kappa shape index (κ3) is 14.2. The van der Waals surface area contributed by atoms with Gasteiger partial charge in [0.25, 0.3) is 0 Å². The summed E-state index contributed by atoms with van der Waals surface area (Å²) < 4.78 is 0. The molecule has 2 aliphatic carbocycles. The van der Waals surface area contributed by atoms with Crippen LogP contribution in [0.25, 0.3) is 0 Å². The first-order valence-electron chi connectivity index (χ1n) is 16.3. The Morgan fingerprint density at radius 2 is 0.750 bits per heavy atom. The maximum absolute atomic E-state index is 4.26. The molecule has 0 heterocycles. The van der Waals surface area contributed by atoms with Crippen molar-refractivity contribution in [3.05, 3.63) is 172 Å². The molecule has 259 valence electrons. The van der Waals surface area contributed by atoms with E-state index in [0.29, 0.717) is 0 Å². The van der Waals surface area contributed by atoms with Crippen LogP contribution in [0.2, 0.25) is 0 Å².